The molecular weight excluding hydrogens is 335 g/mol. The third kappa shape index (κ3) is 3.69. The minimum Gasteiger partial charge on any atom is -0.388 e. The number of hydrogen-bond acceptors (Lipinski definition) is 4. The monoisotopic (exact) mass is 354 g/mol. The third-order valence-electron chi connectivity index (χ3n) is 4.40. The maximum absolute atomic E-state index is 9.27. The molecule has 1 saturated heterocycles. The molecule has 2 aromatic rings. The van der Waals surface area contributed by atoms with Crippen LogP contribution in [0.25, 0.3) is 0 Å². The molecule has 2 heterocycles. The summed E-state index contributed by atoms with van der Waals surface area (Å²) in [5, 5.41) is 18.8. The molecular formula is C16H20Cl2N4O. The minimum absolute atomic E-state index is 0.0802. The number of aliphatic hydroxyl groups excluding tert-OH is 1. The van der Waals surface area contributed by atoms with Gasteiger partial charge in [-0.3, -0.25) is 4.90 Å². The molecule has 0 amide bonds. The highest BCUT2D eigenvalue weighted by Gasteiger charge is 2.25. The number of rotatable bonds is 4. The van der Waals surface area contributed by atoms with Crippen molar-refractivity contribution in [2.75, 3.05) is 13.1 Å². The summed E-state index contributed by atoms with van der Waals surface area (Å²) in [5.41, 5.74) is 1.16. The highest BCUT2D eigenvalue weighted by molar-refractivity contribution is 6.42. The Labute approximate surface area is 145 Å². The van der Waals surface area contributed by atoms with Gasteiger partial charge >= 0.3 is 0 Å². The van der Waals surface area contributed by atoms with E-state index in [-0.39, 0.29) is 6.61 Å². The van der Waals surface area contributed by atoms with Crippen LogP contribution < -0.4 is 0 Å². The standard InChI is InChI=1S/C16H20Cl2N4O/c1-21-15(10-23)19-20-16(21)12-3-2-6-22(9-12)8-11-4-5-13(17)14(18)7-11/h4-5,7,12,23H,2-3,6,8-10H2,1H3/t12-/m1/s1. The van der Waals surface area contributed by atoms with Gasteiger partial charge in [0.1, 0.15) is 12.4 Å². The van der Waals surface area contributed by atoms with E-state index in [0.717, 1.165) is 43.9 Å². The number of aliphatic hydroxyl groups is 1. The molecule has 1 aliphatic rings. The fourth-order valence-corrected chi connectivity index (χ4v) is 3.50. The lowest BCUT2D eigenvalue weighted by molar-refractivity contribution is 0.194. The molecule has 1 fully saturated rings. The van der Waals surface area contributed by atoms with Crippen molar-refractivity contribution in [1.82, 2.24) is 19.7 Å². The quantitative estimate of drug-likeness (QED) is 0.916. The zero-order chi connectivity index (χ0) is 16.4. The molecule has 124 valence electrons. The number of benzene rings is 1. The number of halogens is 2. The van der Waals surface area contributed by atoms with Crippen molar-refractivity contribution < 1.29 is 5.11 Å². The summed E-state index contributed by atoms with van der Waals surface area (Å²) < 4.78 is 1.91. The number of hydrogen-bond donors (Lipinski definition) is 1. The van der Waals surface area contributed by atoms with Crippen LogP contribution in [-0.4, -0.2) is 37.9 Å². The predicted octanol–water partition coefficient (Wildman–Crippen LogP) is 2.99. The maximum atomic E-state index is 9.27. The Morgan fingerprint density at radius 1 is 1.26 bits per heavy atom. The first-order chi connectivity index (χ1) is 11.1. The first kappa shape index (κ1) is 16.7. The summed E-state index contributed by atoms with van der Waals surface area (Å²) in [5.74, 6) is 1.90. The van der Waals surface area contributed by atoms with Crippen LogP contribution in [0.4, 0.5) is 0 Å². The van der Waals surface area contributed by atoms with Gasteiger partial charge in [-0.15, -0.1) is 10.2 Å². The first-order valence-corrected chi connectivity index (χ1v) is 8.49. The molecule has 0 unspecified atom stereocenters. The molecule has 7 heteroatoms. The van der Waals surface area contributed by atoms with Crippen LogP contribution >= 0.6 is 23.2 Å². The van der Waals surface area contributed by atoms with E-state index in [1.165, 1.54) is 0 Å². The summed E-state index contributed by atoms with van der Waals surface area (Å²) in [6.45, 7) is 2.75. The normalized spacial score (nSPS) is 19.2. The van der Waals surface area contributed by atoms with Crippen molar-refractivity contribution in [3.05, 3.63) is 45.5 Å². The number of piperidine rings is 1. The van der Waals surface area contributed by atoms with Crippen LogP contribution in [-0.2, 0) is 20.2 Å². The molecule has 1 aromatic heterocycles. The number of nitrogens with zero attached hydrogens (tertiary/aromatic N) is 4. The highest BCUT2D eigenvalue weighted by Crippen LogP contribution is 2.28. The van der Waals surface area contributed by atoms with Crippen LogP contribution in [0, 0.1) is 0 Å². The van der Waals surface area contributed by atoms with Gasteiger partial charge in [-0.05, 0) is 37.1 Å². The first-order valence-electron chi connectivity index (χ1n) is 7.73. The van der Waals surface area contributed by atoms with Crippen molar-refractivity contribution >= 4 is 23.2 Å². The third-order valence-corrected chi connectivity index (χ3v) is 5.14. The fourth-order valence-electron chi connectivity index (χ4n) is 3.17. The predicted molar refractivity (Wildman–Crippen MR) is 90.6 cm³/mol. The lowest BCUT2D eigenvalue weighted by Gasteiger charge is -2.32. The van der Waals surface area contributed by atoms with E-state index >= 15 is 0 Å². The molecule has 0 radical (unpaired) electrons. The Kier molecular flexibility index (Phi) is 5.21. The molecule has 0 spiro atoms. The molecule has 1 aliphatic heterocycles. The summed E-state index contributed by atoms with van der Waals surface area (Å²) >= 11 is 12.1. The van der Waals surface area contributed by atoms with Crippen LogP contribution in [0.1, 0.15) is 36.0 Å². The molecule has 1 aromatic carbocycles. The molecule has 5 nitrogen and oxygen atoms in total. The van der Waals surface area contributed by atoms with Gasteiger partial charge in [-0.2, -0.15) is 0 Å². The average Bonchev–Trinajstić information content (AvgIpc) is 2.92. The zero-order valence-electron chi connectivity index (χ0n) is 13.0. The molecule has 0 saturated carbocycles. The van der Waals surface area contributed by atoms with Crippen molar-refractivity contribution in [2.24, 2.45) is 7.05 Å². The summed E-state index contributed by atoms with van der Waals surface area (Å²) in [4.78, 5) is 2.40. The van der Waals surface area contributed by atoms with Crippen LogP contribution in [0.5, 0.6) is 0 Å². The van der Waals surface area contributed by atoms with Gasteiger partial charge in [-0.1, -0.05) is 29.3 Å². The van der Waals surface area contributed by atoms with E-state index in [1.807, 2.05) is 29.8 Å². The SMILES string of the molecule is Cn1c(CO)nnc1[C@@H]1CCCN(Cc2ccc(Cl)c(Cl)c2)C1. The molecule has 0 bridgehead atoms. The zero-order valence-corrected chi connectivity index (χ0v) is 14.6. The van der Waals surface area contributed by atoms with Gasteiger partial charge in [0.05, 0.1) is 10.0 Å². The second-order valence-electron chi connectivity index (χ2n) is 6.01. The topological polar surface area (TPSA) is 54.2 Å². The Morgan fingerprint density at radius 3 is 2.78 bits per heavy atom. The van der Waals surface area contributed by atoms with Gasteiger partial charge in [0, 0.05) is 26.1 Å². The van der Waals surface area contributed by atoms with E-state index in [4.69, 9.17) is 23.2 Å². The van der Waals surface area contributed by atoms with Crippen LogP contribution in [0.2, 0.25) is 10.0 Å². The minimum atomic E-state index is -0.0802. The molecule has 23 heavy (non-hydrogen) atoms. The van der Waals surface area contributed by atoms with Gasteiger partial charge in [-0.25, -0.2) is 0 Å². The molecule has 3 rings (SSSR count). The molecule has 1 N–H and O–H groups in total. The largest absolute Gasteiger partial charge is 0.388 e. The Balaban J connectivity index is 1.70. The lowest BCUT2D eigenvalue weighted by Crippen LogP contribution is -2.34. The Hall–Kier alpha value is -1.14. The molecule has 0 aliphatic carbocycles. The summed E-state index contributed by atoms with van der Waals surface area (Å²) in [6.07, 6.45) is 2.21. The van der Waals surface area contributed by atoms with E-state index in [1.54, 1.807) is 0 Å². The fraction of sp³-hybridized carbons (Fsp3) is 0.500. The highest BCUT2D eigenvalue weighted by atomic mass is 35.5. The average molecular weight is 355 g/mol. The van der Waals surface area contributed by atoms with Gasteiger partial charge in [0.2, 0.25) is 0 Å². The van der Waals surface area contributed by atoms with Crippen LogP contribution in [0.15, 0.2) is 18.2 Å². The molecule has 1 atom stereocenters. The van der Waals surface area contributed by atoms with E-state index in [9.17, 15) is 5.11 Å². The van der Waals surface area contributed by atoms with E-state index < -0.39 is 0 Å². The number of aromatic nitrogens is 3. The van der Waals surface area contributed by atoms with Crippen molar-refractivity contribution in [2.45, 2.75) is 31.9 Å². The van der Waals surface area contributed by atoms with E-state index in [2.05, 4.69) is 15.1 Å². The number of likely N-dealkylation sites (tertiary alicyclic amines) is 1. The van der Waals surface area contributed by atoms with Gasteiger partial charge in [0.25, 0.3) is 0 Å². The Bertz CT molecular complexity index is 689. The summed E-state index contributed by atoms with van der Waals surface area (Å²) in [7, 11) is 1.92. The van der Waals surface area contributed by atoms with Crippen molar-refractivity contribution in [1.29, 1.82) is 0 Å². The Morgan fingerprint density at radius 2 is 2.09 bits per heavy atom. The maximum Gasteiger partial charge on any atom is 0.158 e. The van der Waals surface area contributed by atoms with E-state index in [0.29, 0.717) is 21.8 Å². The lowest BCUT2D eigenvalue weighted by atomic mass is 9.96. The van der Waals surface area contributed by atoms with Crippen LogP contribution in [0.3, 0.4) is 0 Å². The second-order valence-corrected chi connectivity index (χ2v) is 6.83. The van der Waals surface area contributed by atoms with Crippen molar-refractivity contribution in [3.63, 3.8) is 0 Å². The van der Waals surface area contributed by atoms with Gasteiger partial charge in [0.15, 0.2) is 5.82 Å². The summed E-state index contributed by atoms with van der Waals surface area (Å²) in [6, 6.07) is 5.79. The van der Waals surface area contributed by atoms with Crippen molar-refractivity contribution in [3.8, 4) is 0 Å². The van der Waals surface area contributed by atoms with Gasteiger partial charge < -0.3 is 9.67 Å². The second kappa shape index (κ2) is 7.18. The smallest absolute Gasteiger partial charge is 0.158 e.